The van der Waals surface area contributed by atoms with Crippen molar-refractivity contribution < 1.29 is 9.47 Å². The molecule has 0 amide bonds. The SMILES string of the molecule is COc1ccnc(CNCCCCCCSC)c1OC. The van der Waals surface area contributed by atoms with Gasteiger partial charge >= 0.3 is 0 Å². The van der Waals surface area contributed by atoms with Crippen molar-refractivity contribution in [2.24, 2.45) is 0 Å². The molecule has 0 atom stereocenters. The van der Waals surface area contributed by atoms with Crippen LogP contribution in [0.15, 0.2) is 12.3 Å². The first-order valence-electron chi connectivity index (χ1n) is 7.09. The molecule has 0 aliphatic carbocycles. The number of hydrogen-bond acceptors (Lipinski definition) is 5. The topological polar surface area (TPSA) is 43.4 Å². The maximum atomic E-state index is 5.36. The van der Waals surface area contributed by atoms with Crippen LogP contribution in [0.5, 0.6) is 11.5 Å². The van der Waals surface area contributed by atoms with Crippen molar-refractivity contribution in [3.8, 4) is 11.5 Å². The summed E-state index contributed by atoms with van der Waals surface area (Å²) < 4.78 is 10.6. The first-order valence-corrected chi connectivity index (χ1v) is 8.48. The van der Waals surface area contributed by atoms with Crippen LogP contribution in [0.2, 0.25) is 0 Å². The lowest BCUT2D eigenvalue weighted by Crippen LogP contribution is -2.16. The van der Waals surface area contributed by atoms with Gasteiger partial charge in [0.25, 0.3) is 0 Å². The van der Waals surface area contributed by atoms with Gasteiger partial charge < -0.3 is 14.8 Å². The zero-order chi connectivity index (χ0) is 14.6. The van der Waals surface area contributed by atoms with Gasteiger partial charge in [0.2, 0.25) is 0 Å². The molecule has 1 rings (SSSR count). The van der Waals surface area contributed by atoms with E-state index in [0.29, 0.717) is 6.54 Å². The minimum absolute atomic E-state index is 0.713. The van der Waals surface area contributed by atoms with E-state index in [0.717, 1.165) is 23.7 Å². The van der Waals surface area contributed by atoms with E-state index in [1.807, 2.05) is 17.8 Å². The maximum absolute atomic E-state index is 5.36. The molecule has 1 aromatic heterocycles. The second kappa shape index (κ2) is 10.8. The highest BCUT2D eigenvalue weighted by Crippen LogP contribution is 2.28. The van der Waals surface area contributed by atoms with Gasteiger partial charge in [-0.05, 0) is 31.4 Å². The van der Waals surface area contributed by atoms with Crippen LogP contribution < -0.4 is 14.8 Å². The van der Waals surface area contributed by atoms with Crippen LogP contribution in [0, 0.1) is 0 Å². The van der Waals surface area contributed by atoms with Gasteiger partial charge in [-0.2, -0.15) is 11.8 Å². The fraction of sp³-hybridized carbons (Fsp3) is 0.667. The number of unbranched alkanes of at least 4 members (excludes halogenated alkanes) is 3. The monoisotopic (exact) mass is 298 g/mol. The van der Waals surface area contributed by atoms with Crippen LogP contribution in [0.25, 0.3) is 0 Å². The molecule has 5 heteroatoms. The van der Waals surface area contributed by atoms with E-state index < -0.39 is 0 Å². The number of pyridine rings is 1. The molecule has 1 N–H and O–H groups in total. The van der Waals surface area contributed by atoms with Crippen LogP contribution in [0.1, 0.15) is 31.4 Å². The van der Waals surface area contributed by atoms with Crippen LogP contribution in [0.3, 0.4) is 0 Å². The number of nitrogens with one attached hydrogen (secondary N) is 1. The zero-order valence-corrected chi connectivity index (χ0v) is 13.6. The highest BCUT2D eigenvalue weighted by Gasteiger charge is 2.09. The van der Waals surface area contributed by atoms with Crippen LogP contribution in [0.4, 0.5) is 0 Å². The van der Waals surface area contributed by atoms with Gasteiger partial charge in [0.1, 0.15) is 0 Å². The lowest BCUT2D eigenvalue weighted by atomic mass is 10.2. The second-order valence-corrected chi connectivity index (χ2v) is 5.56. The minimum atomic E-state index is 0.713. The molecule has 0 fully saturated rings. The molecule has 0 aromatic carbocycles. The molecule has 0 aliphatic rings. The first kappa shape index (κ1) is 17.1. The van der Waals surface area contributed by atoms with Gasteiger partial charge in [-0.1, -0.05) is 12.8 Å². The fourth-order valence-corrected chi connectivity index (χ4v) is 2.53. The summed E-state index contributed by atoms with van der Waals surface area (Å²) in [6, 6.07) is 1.81. The van der Waals surface area contributed by atoms with Gasteiger partial charge in [0, 0.05) is 18.8 Å². The molecule has 0 radical (unpaired) electrons. The van der Waals surface area contributed by atoms with Crippen molar-refractivity contribution in [3.05, 3.63) is 18.0 Å². The van der Waals surface area contributed by atoms with E-state index in [-0.39, 0.29) is 0 Å². The van der Waals surface area contributed by atoms with Gasteiger partial charge in [0.15, 0.2) is 11.5 Å². The largest absolute Gasteiger partial charge is 0.493 e. The lowest BCUT2D eigenvalue weighted by molar-refractivity contribution is 0.348. The van der Waals surface area contributed by atoms with Crippen molar-refractivity contribution in [1.29, 1.82) is 0 Å². The lowest BCUT2D eigenvalue weighted by Gasteiger charge is -2.12. The number of rotatable bonds is 11. The van der Waals surface area contributed by atoms with E-state index in [2.05, 4.69) is 16.6 Å². The van der Waals surface area contributed by atoms with Crippen molar-refractivity contribution in [1.82, 2.24) is 10.3 Å². The number of ether oxygens (including phenoxy) is 2. The summed E-state index contributed by atoms with van der Waals surface area (Å²) in [6.45, 7) is 1.73. The van der Waals surface area contributed by atoms with Crippen LogP contribution in [-0.2, 0) is 6.54 Å². The maximum Gasteiger partial charge on any atom is 0.183 e. The standard InChI is InChI=1S/C15H26N2O2S/c1-18-14-8-10-17-13(15(14)19-2)12-16-9-6-4-5-7-11-20-3/h8,10,16H,4-7,9,11-12H2,1-3H3. The molecule has 0 saturated carbocycles. The third-order valence-corrected chi connectivity index (χ3v) is 3.81. The predicted molar refractivity (Wildman–Crippen MR) is 85.9 cm³/mol. The van der Waals surface area contributed by atoms with E-state index in [1.165, 1.54) is 31.4 Å². The Bertz CT molecular complexity index is 375. The summed E-state index contributed by atoms with van der Waals surface area (Å²) in [6.07, 6.45) is 9.06. The highest BCUT2D eigenvalue weighted by molar-refractivity contribution is 7.98. The average Bonchev–Trinajstić information content (AvgIpc) is 2.49. The van der Waals surface area contributed by atoms with Gasteiger partial charge in [-0.3, -0.25) is 4.98 Å². The quantitative estimate of drug-likeness (QED) is 0.636. The Labute approximate surface area is 126 Å². The van der Waals surface area contributed by atoms with E-state index >= 15 is 0 Å². The molecular weight excluding hydrogens is 272 g/mol. The number of methoxy groups -OCH3 is 2. The van der Waals surface area contributed by atoms with Crippen molar-refractivity contribution >= 4 is 11.8 Å². The molecule has 0 aliphatic heterocycles. The summed E-state index contributed by atoms with van der Waals surface area (Å²) in [7, 11) is 3.29. The van der Waals surface area contributed by atoms with Crippen molar-refractivity contribution in [3.63, 3.8) is 0 Å². The normalized spacial score (nSPS) is 10.6. The van der Waals surface area contributed by atoms with E-state index in [4.69, 9.17) is 9.47 Å². The van der Waals surface area contributed by atoms with Gasteiger partial charge in [0.05, 0.1) is 19.9 Å². The van der Waals surface area contributed by atoms with Crippen molar-refractivity contribution in [2.75, 3.05) is 32.8 Å². The van der Waals surface area contributed by atoms with E-state index in [1.54, 1.807) is 20.4 Å². The molecule has 0 unspecified atom stereocenters. The Morgan fingerprint density at radius 2 is 1.95 bits per heavy atom. The van der Waals surface area contributed by atoms with Gasteiger partial charge in [-0.25, -0.2) is 0 Å². The Hall–Kier alpha value is -0.940. The summed E-state index contributed by atoms with van der Waals surface area (Å²) in [5.74, 6) is 2.73. The Morgan fingerprint density at radius 1 is 1.15 bits per heavy atom. The molecule has 114 valence electrons. The number of hydrogen-bond donors (Lipinski definition) is 1. The summed E-state index contributed by atoms with van der Waals surface area (Å²) >= 11 is 1.93. The summed E-state index contributed by atoms with van der Waals surface area (Å²) in [5, 5.41) is 3.42. The molecule has 20 heavy (non-hydrogen) atoms. The molecule has 0 spiro atoms. The predicted octanol–water partition coefficient (Wildman–Crippen LogP) is 3.11. The van der Waals surface area contributed by atoms with Crippen LogP contribution >= 0.6 is 11.8 Å². The van der Waals surface area contributed by atoms with E-state index in [9.17, 15) is 0 Å². The minimum Gasteiger partial charge on any atom is -0.493 e. The number of aromatic nitrogens is 1. The molecule has 0 saturated heterocycles. The Morgan fingerprint density at radius 3 is 2.65 bits per heavy atom. The third kappa shape index (κ3) is 6.01. The first-order chi connectivity index (χ1) is 9.83. The number of nitrogens with zero attached hydrogens (tertiary/aromatic N) is 1. The fourth-order valence-electron chi connectivity index (χ4n) is 2.03. The summed E-state index contributed by atoms with van der Waals surface area (Å²) in [5.41, 5.74) is 0.897. The Balaban J connectivity index is 2.25. The average molecular weight is 298 g/mol. The zero-order valence-electron chi connectivity index (χ0n) is 12.8. The smallest absolute Gasteiger partial charge is 0.183 e. The molecule has 1 heterocycles. The van der Waals surface area contributed by atoms with Crippen LogP contribution in [-0.4, -0.2) is 37.8 Å². The number of thioether (sulfide) groups is 1. The third-order valence-electron chi connectivity index (χ3n) is 3.11. The second-order valence-electron chi connectivity index (χ2n) is 4.58. The highest BCUT2D eigenvalue weighted by atomic mass is 32.2. The van der Waals surface area contributed by atoms with Crippen molar-refractivity contribution in [2.45, 2.75) is 32.2 Å². The van der Waals surface area contributed by atoms with Gasteiger partial charge in [-0.15, -0.1) is 0 Å². The summed E-state index contributed by atoms with van der Waals surface area (Å²) in [4.78, 5) is 4.35. The molecule has 1 aromatic rings. The molecule has 0 bridgehead atoms. The molecular formula is C15H26N2O2S. The Kier molecular flexibility index (Phi) is 9.24. The molecule has 4 nitrogen and oxygen atoms in total.